The summed E-state index contributed by atoms with van der Waals surface area (Å²) in [4.78, 5) is 10.6. The van der Waals surface area contributed by atoms with Gasteiger partial charge in [0.15, 0.2) is 0 Å². The van der Waals surface area contributed by atoms with Gasteiger partial charge in [-0.05, 0) is 13.3 Å². The van der Waals surface area contributed by atoms with Crippen LogP contribution in [0.1, 0.15) is 20.3 Å². The fourth-order valence-corrected chi connectivity index (χ4v) is 0.419. The number of amides is 1. The fourth-order valence-electron chi connectivity index (χ4n) is 0.419. The molecule has 1 amide bonds. The van der Waals surface area contributed by atoms with E-state index in [-0.39, 0.29) is 0 Å². The minimum atomic E-state index is -0.778. The van der Waals surface area contributed by atoms with E-state index in [2.05, 4.69) is 0 Å². The molecule has 0 saturated heterocycles. The van der Waals surface area contributed by atoms with Gasteiger partial charge in [-0.3, -0.25) is 4.79 Å². The van der Waals surface area contributed by atoms with Crippen molar-refractivity contribution in [1.29, 1.82) is 0 Å². The Hall–Kier alpha value is -0.570. The van der Waals surface area contributed by atoms with Crippen molar-refractivity contribution in [3.8, 4) is 0 Å². The van der Waals surface area contributed by atoms with Crippen LogP contribution in [0.5, 0.6) is 0 Å². The third-order valence-electron chi connectivity index (χ3n) is 1.65. The Kier molecular flexibility index (Phi) is 2.65. The second-order valence-corrected chi connectivity index (χ2v) is 2.15. The van der Waals surface area contributed by atoms with Crippen molar-refractivity contribution in [3.05, 3.63) is 0 Å². The molecule has 0 fully saturated rings. The maximum Gasteiger partial charge on any atom is 0.249 e. The second-order valence-electron chi connectivity index (χ2n) is 2.15. The lowest BCUT2D eigenvalue weighted by atomic mass is 10.0. The minimum Gasteiger partial charge on any atom is -0.369 e. The van der Waals surface area contributed by atoms with Crippen molar-refractivity contribution in [2.75, 3.05) is 7.11 Å². The predicted molar refractivity (Wildman–Crippen MR) is 34.9 cm³/mol. The number of methoxy groups -OCH3 is 1. The van der Waals surface area contributed by atoms with Gasteiger partial charge in [-0.25, -0.2) is 0 Å². The van der Waals surface area contributed by atoms with Crippen molar-refractivity contribution in [2.24, 2.45) is 5.73 Å². The van der Waals surface area contributed by atoms with E-state index < -0.39 is 11.5 Å². The highest BCUT2D eigenvalue weighted by atomic mass is 16.5. The Morgan fingerprint density at radius 1 is 1.78 bits per heavy atom. The summed E-state index contributed by atoms with van der Waals surface area (Å²) < 4.78 is 4.87. The van der Waals surface area contributed by atoms with Crippen molar-refractivity contribution < 1.29 is 9.53 Å². The summed E-state index contributed by atoms with van der Waals surface area (Å²) in [5.74, 6) is -0.410. The number of rotatable bonds is 3. The number of hydrogen-bond acceptors (Lipinski definition) is 2. The van der Waals surface area contributed by atoms with Gasteiger partial charge in [0.1, 0.15) is 5.60 Å². The molecule has 0 aromatic rings. The van der Waals surface area contributed by atoms with Crippen LogP contribution in [0.3, 0.4) is 0 Å². The number of hydrogen-bond donors (Lipinski definition) is 1. The summed E-state index contributed by atoms with van der Waals surface area (Å²) in [6.07, 6.45) is 0.610. The molecule has 54 valence electrons. The molecule has 0 aromatic carbocycles. The SMILES string of the molecule is CCC(C)(OC)C(N)=O. The van der Waals surface area contributed by atoms with Gasteiger partial charge < -0.3 is 10.5 Å². The highest BCUT2D eigenvalue weighted by Gasteiger charge is 2.27. The molecule has 0 radical (unpaired) electrons. The quantitative estimate of drug-likeness (QED) is 0.598. The van der Waals surface area contributed by atoms with E-state index in [9.17, 15) is 4.79 Å². The third-order valence-corrected chi connectivity index (χ3v) is 1.65. The summed E-state index contributed by atoms with van der Waals surface area (Å²) >= 11 is 0. The lowest BCUT2D eigenvalue weighted by Gasteiger charge is -2.21. The molecule has 0 aromatic heterocycles. The van der Waals surface area contributed by atoms with Gasteiger partial charge in [-0.1, -0.05) is 6.92 Å². The normalized spacial score (nSPS) is 16.8. The van der Waals surface area contributed by atoms with Crippen LogP contribution in [0.2, 0.25) is 0 Å². The summed E-state index contributed by atoms with van der Waals surface area (Å²) in [5.41, 5.74) is 4.25. The van der Waals surface area contributed by atoms with E-state index in [1.807, 2.05) is 6.92 Å². The van der Waals surface area contributed by atoms with E-state index in [0.29, 0.717) is 6.42 Å². The zero-order valence-corrected chi connectivity index (χ0v) is 6.10. The maximum atomic E-state index is 10.6. The van der Waals surface area contributed by atoms with Crippen LogP contribution in [0, 0.1) is 0 Å². The smallest absolute Gasteiger partial charge is 0.249 e. The van der Waals surface area contributed by atoms with Gasteiger partial charge in [-0.2, -0.15) is 0 Å². The fraction of sp³-hybridized carbons (Fsp3) is 0.833. The van der Waals surface area contributed by atoms with Crippen LogP contribution in [0.15, 0.2) is 0 Å². The summed E-state index contributed by atoms with van der Waals surface area (Å²) in [7, 11) is 1.48. The van der Waals surface area contributed by atoms with Gasteiger partial charge in [0.2, 0.25) is 5.91 Å². The molecule has 9 heavy (non-hydrogen) atoms. The molecule has 0 bridgehead atoms. The Morgan fingerprint density at radius 3 is 2.22 bits per heavy atom. The first-order valence-electron chi connectivity index (χ1n) is 2.92. The van der Waals surface area contributed by atoms with Gasteiger partial charge in [0.25, 0.3) is 0 Å². The average molecular weight is 131 g/mol. The summed E-state index contributed by atoms with van der Waals surface area (Å²) in [6, 6.07) is 0. The van der Waals surface area contributed by atoms with Crippen molar-refractivity contribution in [2.45, 2.75) is 25.9 Å². The highest BCUT2D eigenvalue weighted by Crippen LogP contribution is 2.11. The Bertz CT molecular complexity index is 108. The van der Waals surface area contributed by atoms with Gasteiger partial charge in [0, 0.05) is 7.11 Å². The van der Waals surface area contributed by atoms with Crippen molar-refractivity contribution >= 4 is 5.91 Å². The zero-order valence-electron chi connectivity index (χ0n) is 6.10. The lowest BCUT2D eigenvalue weighted by Crippen LogP contribution is -2.42. The Balaban J connectivity index is 4.09. The zero-order chi connectivity index (χ0) is 7.49. The summed E-state index contributed by atoms with van der Waals surface area (Å²) in [6.45, 7) is 3.53. The second kappa shape index (κ2) is 2.82. The maximum absolute atomic E-state index is 10.6. The average Bonchev–Trinajstić information content (AvgIpc) is 1.86. The van der Waals surface area contributed by atoms with Crippen LogP contribution in [-0.2, 0) is 9.53 Å². The predicted octanol–water partition coefficient (Wildman–Crippen LogP) is 0.287. The number of primary amides is 1. The first-order valence-corrected chi connectivity index (χ1v) is 2.92. The minimum absolute atomic E-state index is 0.410. The molecule has 0 rings (SSSR count). The third kappa shape index (κ3) is 1.68. The number of carbonyl (C=O) groups excluding carboxylic acids is 1. The molecule has 0 heterocycles. The van der Waals surface area contributed by atoms with E-state index >= 15 is 0 Å². The van der Waals surface area contributed by atoms with Crippen molar-refractivity contribution in [3.63, 3.8) is 0 Å². The van der Waals surface area contributed by atoms with Gasteiger partial charge in [0.05, 0.1) is 0 Å². The molecule has 3 heteroatoms. The van der Waals surface area contributed by atoms with E-state index in [1.165, 1.54) is 7.11 Å². The topological polar surface area (TPSA) is 52.3 Å². The molecule has 3 nitrogen and oxygen atoms in total. The monoisotopic (exact) mass is 131 g/mol. The molecule has 0 aliphatic carbocycles. The number of nitrogens with two attached hydrogens (primary N) is 1. The molecule has 2 N–H and O–H groups in total. The highest BCUT2D eigenvalue weighted by molar-refractivity contribution is 5.82. The summed E-state index contributed by atoms with van der Waals surface area (Å²) in [5, 5.41) is 0. The van der Waals surface area contributed by atoms with E-state index in [0.717, 1.165) is 0 Å². The molecule has 1 unspecified atom stereocenters. The number of ether oxygens (including phenoxy) is 1. The van der Waals surface area contributed by atoms with Gasteiger partial charge in [-0.15, -0.1) is 0 Å². The van der Waals surface area contributed by atoms with Gasteiger partial charge >= 0.3 is 0 Å². The standard InChI is InChI=1S/C6H13NO2/c1-4-6(2,9-3)5(7)8/h4H2,1-3H3,(H2,7,8). The molecule has 0 spiro atoms. The Labute approximate surface area is 55.2 Å². The molecule has 0 saturated carbocycles. The molecule has 0 aliphatic heterocycles. The first-order chi connectivity index (χ1) is 4.06. The molecule has 0 aliphatic rings. The van der Waals surface area contributed by atoms with Crippen LogP contribution in [-0.4, -0.2) is 18.6 Å². The van der Waals surface area contributed by atoms with Crippen molar-refractivity contribution in [1.82, 2.24) is 0 Å². The van der Waals surface area contributed by atoms with Crippen LogP contribution >= 0.6 is 0 Å². The van der Waals surface area contributed by atoms with Crippen LogP contribution in [0.25, 0.3) is 0 Å². The van der Waals surface area contributed by atoms with Crippen LogP contribution in [0.4, 0.5) is 0 Å². The molecular weight excluding hydrogens is 118 g/mol. The lowest BCUT2D eigenvalue weighted by molar-refractivity contribution is -0.138. The van der Waals surface area contributed by atoms with E-state index in [1.54, 1.807) is 6.92 Å². The van der Waals surface area contributed by atoms with Crippen LogP contribution < -0.4 is 5.73 Å². The molecular formula is C6H13NO2. The molecule has 1 atom stereocenters. The largest absolute Gasteiger partial charge is 0.369 e. The van der Waals surface area contributed by atoms with E-state index in [4.69, 9.17) is 10.5 Å². The Morgan fingerprint density at radius 2 is 2.22 bits per heavy atom. The first kappa shape index (κ1) is 8.43. The number of carbonyl (C=O) groups is 1.